The molecule has 4 N–H and O–H groups in total. The lowest BCUT2D eigenvalue weighted by Gasteiger charge is -2.29. The van der Waals surface area contributed by atoms with Crippen LogP contribution in [0.4, 0.5) is 11.5 Å². The number of aromatic nitrogens is 3. The zero-order valence-electron chi connectivity index (χ0n) is 28.8. The number of amides is 1. The van der Waals surface area contributed by atoms with E-state index < -0.39 is 5.97 Å². The van der Waals surface area contributed by atoms with E-state index in [1.54, 1.807) is 24.6 Å². The number of halogens is 2. The van der Waals surface area contributed by atoms with Crippen LogP contribution in [0.2, 0.25) is 10.0 Å². The predicted molar refractivity (Wildman–Crippen MR) is 206 cm³/mol. The van der Waals surface area contributed by atoms with E-state index in [9.17, 15) is 14.7 Å². The molecule has 1 amide bonds. The van der Waals surface area contributed by atoms with Crippen molar-refractivity contribution >= 4 is 68.1 Å². The average molecular weight is 761 g/mol. The molecule has 3 aromatic heterocycles. The highest BCUT2D eigenvalue weighted by molar-refractivity contribution is 7.18. The summed E-state index contributed by atoms with van der Waals surface area (Å²) in [5, 5.41) is 21.1. The molecule has 1 atom stereocenters. The number of hydrogen-bond acceptors (Lipinski definition) is 10. The van der Waals surface area contributed by atoms with Gasteiger partial charge in [0, 0.05) is 54.0 Å². The van der Waals surface area contributed by atoms with Gasteiger partial charge in [-0.15, -0.1) is 11.3 Å². The molecule has 2 aliphatic heterocycles. The largest absolute Gasteiger partial charge is 0.481 e. The minimum Gasteiger partial charge on any atom is -0.481 e. The number of benzene rings is 2. The van der Waals surface area contributed by atoms with Crippen molar-refractivity contribution in [2.75, 3.05) is 32.1 Å². The van der Waals surface area contributed by atoms with Crippen molar-refractivity contribution in [3.05, 3.63) is 80.9 Å². The number of thiazole rings is 1. The van der Waals surface area contributed by atoms with Crippen LogP contribution in [0.25, 0.3) is 32.6 Å². The second-order valence-corrected chi connectivity index (χ2v) is 15.1. The van der Waals surface area contributed by atoms with Crippen LogP contribution in [0.5, 0.6) is 5.88 Å². The number of aliphatic carboxylic acids is 1. The predicted octanol–water partition coefficient (Wildman–Crippen LogP) is 7.45. The van der Waals surface area contributed by atoms with Crippen LogP contribution in [0.1, 0.15) is 41.8 Å². The molecule has 5 aromatic rings. The molecule has 52 heavy (non-hydrogen) atoms. The molecule has 0 bridgehead atoms. The number of piperidine rings is 1. The van der Waals surface area contributed by atoms with Crippen LogP contribution >= 0.6 is 34.5 Å². The second kappa shape index (κ2) is 15.7. The van der Waals surface area contributed by atoms with Gasteiger partial charge in [0.15, 0.2) is 5.82 Å². The monoisotopic (exact) mass is 759 g/mol. The number of nitrogens with one attached hydrogen (secondary N) is 3. The molecule has 0 aliphatic carbocycles. The van der Waals surface area contributed by atoms with Gasteiger partial charge in [-0.1, -0.05) is 53.5 Å². The smallest absolute Gasteiger partial charge is 0.306 e. The number of hydrogen-bond donors (Lipinski definition) is 4. The van der Waals surface area contributed by atoms with Crippen LogP contribution in [0.15, 0.2) is 54.7 Å². The fraction of sp³-hybridized carbons (Fsp3) is 0.342. The molecule has 2 aliphatic rings. The van der Waals surface area contributed by atoms with Crippen molar-refractivity contribution in [1.29, 1.82) is 0 Å². The van der Waals surface area contributed by atoms with Crippen molar-refractivity contribution in [3.8, 4) is 28.3 Å². The normalized spacial score (nSPS) is 16.7. The van der Waals surface area contributed by atoms with Crippen LogP contribution in [0.3, 0.4) is 0 Å². The summed E-state index contributed by atoms with van der Waals surface area (Å²) in [4.78, 5) is 39.6. The highest BCUT2D eigenvalue weighted by atomic mass is 35.5. The number of anilines is 2. The summed E-state index contributed by atoms with van der Waals surface area (Å²) < 4.78 is 6.73. The number of nitrogens with zero attached hydrogens (tertiary/aromatic N) is 4. The van der Waals surface area contributed by atoms with E-state index in [4.69, 9.17) is 37.9 Å². The van der Waals surface area contributed by atoms with E-state index in [0.717, 1.165) is 62.6 Å². The maximum Gasteiger partial charge on any atom is 0.306 e. The molecule has 0 saturated carbocycles. The molecule has 2 saturated heterocycles. The van der Waals surface area contributed by atoms with Gasteiger partial charge in [0.1, 0.15) is 10.5 Å². The highest BCUT2D eigenvalue weighted by Crippen LogP contribution is 2.43. The molecule has 0 spiro atoms. The first-order valence-electron chi connectivity index (χ1n) is 17.3. The Morgan fingerprint density at radius 3 is 2.54 bits per heavy atom. The number of likely N-dealkylation sites (tertiary alicyclic amines) is 1. The number of rotatable bonds is 12. The summed E-state index contributed by atoms with van der Waals surface area (Å²) >= 11 is 15.9. The van der Waals surface area contributed by atoms with Gasteiger partial charge in [0.25, 0.3) is 0 Å². The third-order valence-corrected chi connectivity index (χ3v) is 11.6. The zero-order valence-corrected chi connectivity index (χ0v) is 31.2. The van der Waals surface area contributed by atoms with E-state index >= 15 is 0 Å². The third-order valence-electron chi connectivity index (χ3n) is 9.74. The van der Waals surface area contributed by atoms with Crippen molar-refractivity contribution < 1.29 is 19.4 Å². The Morgan fingerprint density at radius 1 is 1.06 bits per heavy atom. The Morgan fingerprint density at radius 2 is 1.81 bits per heavy atom. The van der Waals surface area contributed by atoms with E-state index in [1.807, 2.05) is 55.5 Å². The minimum atomic E-state index is -0.713. The van der Waals surface area contributed by atoms with Gasteiger partial charge < -0.3 is 25.8 Å². The van der Waals surface area contributed by atoms with Gasteiger partial charge in [0.2, 0.25) is 11.8 Å². The topological polar surface area (TPSA) is 142 Å². The fourth-order valence-corrected chi connectivity index (χ4v) is 8.49. The van der Waals surface area contributed by atoms with E-state index in [-0.39, 0.29) is 17.9 Å². The van der Waals surface area contributed by atoms with Gasteiger partial charge in [-0.05, 0) is 63.0 Å². The van der Waals surface area contributed by atoms with Crippen LogP contribution in [-0.2, 0) is 22.7 Å². The summed E-state index contributed by atoms with van der Waals surface area (Å²) in [5.74, 6) is 0.221. The number of methoxy groups -OCH3 is 1. The van der Waals surface area contributed by atoms with Gasteiger partial charge in [0.05, 0.1) is 45.7 Å². The number of carbonyl (C=O) groups excluding carboxylic acids is 1. The third kappa shape index (κ3) is 7.72. The molecule has 11 nitrogen and oxygen atoms in total. The maximum atomic E-state index is 11.6. The maximum absolute atomic E-state index is 11.6. The summed E-state index contributed by atoms with van der Waals surface area (Å²) in [6.45, 7) is 5.38. The average Bonchev–Trinajstić information content (AvgIpc) is 3.75. The zero-order chi connectivity index (χ0) is 36.4. The molecule has 2 fully saturated rings. The van der Waals surface area contributed by atoms with Gasteiger partial charge in [-0.25, -0.2) is 15.0 Å². The molecule has 0 radical (unpaired) electrons. The number of carbonyl (C=O) groups is 2. The molecular weight excluding hydrogens is 721 g/mol. The van der Waals surface area contributed by atoms with Crippen LogP contribution < -0.4 is 20.7 Å². The van der Waals surface area contributed by atoms with Gasteiger partial charge in [-0.2, -0.15) is 0 Å². The Bertz CT molecular complexity index is 2140. The SMILES string of the molecule is COc1nc(-c2cccc(-c3cccc(Nc4nccc5sc(CN6CCC(C(=O)O)CC6)nc45)c3Cl)c2Cl)cc(C)c1CNCC1CCC(=O)N1. The molecule has 7 rings (SSSR count). The standard InChI is InChI=1S/C38H39Cl2N7O4S/c1-21-17-29(45-37(51-2)27(21)19-41-18-23-9-10-31(48)43-23)26-7-3-5-24(33(26)39)25-6-4-8-28(34(25)40)44-36-35-30(11-14-42-36)52-32(46-35)20-47-15-12-22(13-16-47)38(49)50/h3-8,11,14,17,22-23,41H,9-10,12-13,15-16,18-20H2,1-2H3,(H,42,44)(H,43,48)(H,49,50). The molecular formula is C38H39Cl2N7O4S. The first kappa shape index (κ1) is 36.0. The van der Waals surface area contributed by atoms with E-state index in [1.165, 1.54) is 0 Å². The number of aryl methyl sites for hydroxylation is 1. The first-order valence-corrected chi connectivity index (χ1v) is 18.8. The van der Waals surface area contributed by atoms with E-state index in [0.29, 0.717) is 72.0 Å². The van der Waals surface area contributed by atoms with Crippen LogP contribution in [0, 0.1) is 12.8 Å². The van der Waals surface area contributed by atoms with Crippen molar-refractivity contribution in [2.24, 2.45) is 5.92 Å². The Labute approximate surface area is 315 Å². The first-order chi connectivity index (χ1) is 25.2. The molecule has 270 valence electrons. The Hall–Kier alpha value is -4.33. The fourth-order valence-electron chi connectivity index (χ4n) is 6.89. The molecule has 2 aromatic carbocycles. The van der Waals surface area contributed by atoms with Crippen LogP contribution in [-0.4, -0.2) is 69.6 Å². The summed E-state index contributed by atoms with van der Waals surface area (Å²) in [6.07, 6.45) is 4.44. The highest BCUT2D eigenvalue weighted by Gasteiger charge is 2.26. The van der Waals surface area contributed by atoms with Crippen molar-refractivity contribution in [2.45, 2.75) is 51.7 Å². The number of fused-ring (bicyclic) bond motifs is 1. The van der Waals surface area contributed by atoms with Crippen molar-refractivity contribution in [3.63, 3.8) is 0 Å². The van der Waals surface area contributed by atoms with Gasteiger partial charge in [-0.3, -0.25) is 14.5 Å². The minimum absolute atomic E-state index is 0.0965. The second-order valence-electron chi connectivity index (χ2n) is 13.2. The number of pyridine rings is 2. The Balaban J connectivity index is 1.10. The number of carboxylic acid groups (broad SMARTS) is 1. The van der Waals surface area contributed by atoms with Gasteiger partial charge >= 0.3 is 5.97 Å². The molecule has 5 heterocycles. The lowest BCUT2D eigenvalue weighted by atomic mass is 9.97. The summed E-state index contributed by atoms with van der Waals surface area (Å²) in [5.41, 5.74) is 6.30. The quantitative estimate of drug-likeness (QED) is 0.101. The number of carboxylic acids is 1. The lowest BCUT2D eigenvalue weighted by Crippen LogP contribution is -2.35. The summed E-state index contributed by atoms with van der Waals surface area (Å²) in [6, 6.07) is 15.6. The van der Waals surface area contributed by atoms with E-state index in [2.05, 4.69) is 25.8 Å². The van der Waals surface area contributed by atoms with Crippen molar-refractivity contribution in [1.82, 2.24) is 30.5 Å². The summed E-state index contributed by atoms with van der Waals surface area (Å²) in [7, 11) is 1.61. The Kier molecular flexibility index (Phi) is 10.9. The number of ether oxygens (including phenoxy) is 1. The lowest BCUT2D eigenvalue weighted by molar-refractivity contribution is -0.143. The molecule has 1 unspecified atom stereocenters. The molecule has 14 heteroatoms.